The first-order valence-electron chi connectivity index (χ1n) is 6.43. The molecular weight excluding hydrogens is 260 g/mol. The van der Waals surface area contributed by atoms with Crippen molar-refractivity contribution >= 4 is 12.0 Å². The van der Waals surface area contributed by atoms with Gasteiger partial charge in [0, 0.05) is 26.7 Å². The quantitative estimate of drug-likeness (QED) is 0.743. The second-order valence-electron chi connectivity index (χ2n) is 4.28. The average molecular weight is 280 g/mol. The Hall–Kier alpha value is -2.08. The number of likely N-dealkylation sites (N-methyl/N-ethyl adjacent to an activating group) is 1. The van der Waals surface area contributed by atoms with E-state index in [2.05, 4.69) is 5.32 Å². The summed E-state index contributed by atoms with van der Waals surface area (Å²) in [5, 5.41) is 11.5. The van der Waals surface area contributed by atoms with Crippen molar-refractivity contribution in [1.29, 1.82) is 0 Å². The van der Waals surface area contributed by atoms with Gasteiger partial charge in [0.05, 0.1) is 12.2 Å². The van der Waals surface area contributed by atoms with Crippen molar-refractivity contribution in [2.24, 2.45) is 0 Å². The fourth-order valence-electron chi connectivity index (χ4n) is 1.53. The lowest BCUT2D eigenvalue weighted by atomic mass is 10.1. The fraction of sp³-hybridized carbons (Fsp3) is 0.429. The Morgan fingerprint density at radius 3 is 2.50 bits per heavy atom. The minimum absolute atomic E-state index is 0.188. The molecule has 0 saturated carbocycles. The van der Waals surface area contributed by atoms with E-state index in [4.69, 9.17) is 9.84 Å². The van der Waals surface area contributed by atoms with Crippen molar-refractivity contribution in [2.45, 2.75) is 13.5 Å². The van der Waals surface area contributed by atoms with Crippen LogP contribution in [0.4, 0.5) is 4.79 Å². The van der Waals surface area contributed by atoms with Crippen LogP contribution in [0.15, 0.2) is 24.3 Å². The number of carboxylic acid groups (broad SMARTS) is 1. The smallest absolute Gasteiger partial charge is 0.335 e. The molecule has 1 aromatic carbocycles. The van der Waals surface area contributed by atoms with Crippen LogP contribution in [-0.4, -0.2) is 48.8 Å². The first-order valence-corrected chi connectivity index (χ1v) is 6.43. The van der Waals surface area contributed by atoms with Crippen LogP contribution in [0.3, 0.4) is 0 Å². The predicted octanol–water partition coefficient (Wildman–Crippen LogP) is 1.56. The van der Waals surface area contributed by atoms with Crippen molar-refractivity contribution in [1.82, 2.24) is 10.2 Å². The molecule has 1 aromatic rings. The van der Waals surface area contributed by atoms with Crippen molar-refractivity contribution < 1.29 is 19.4 Å². The maximum Gasteiger partial charge on any atom is 0.335 e. The number of hydrogen-bond donors (Lipinski definition) is 2. The Bertz CT molecular complexity index is 445. The van der Waals surface area contributed by atoms with E-state index in [0.29, 0.717) is 26.3 Å². The number of rotatable bonds is 7. The number of carbonyl (C=O) groups excluding carboxylic acids is 1. The van der Waals surface area contributed by atoms with Crippen LogP contribution in [0.1, 0.15) is 22.8 Å². The number of ether oxygens (including phenoxy) is 1. The first-order chi connectivity index (χ1) is 9.54. The molecule has 6 heteroatoms. The molecule has 0 atom stereocenters. The molecule has 6 nitrogen and oxygen atoms in total. The minimum Gasteiger partial charge on any atom is -0.478 e. The molecule has 110 valence electrons. The maximum absolute atomic E-state index is 11.8. The predicted molar refractivity (Wildman–Crippen MR) is 74.8 cm³/mol. The van der Waals surface area contributed by atoms with Crippen LogP contribution in [0.2, 0.25) is 0 Å². The van der Waals surface area contributed by atoms with E-state index in [-0.39, 0.29) is 11.6 Å². The van der Waals surface area contributed by atoms with Gasteiger partial charge in [-0.05, 0) is 24.6 Å². The van der Waals surface area contributed by atoms with Crippen LogP contribution in [0.5, 0.6) is 0 Å². The van der Waals surface area contributed by atoms with Crippen molar-refractivity contribution in [2.75, 3.05) is 26.8 Å². The third-order valence-corrected chi connectivity index (χ3v) is 2.77. The van der Waals surface area contributed by atoms with Crippen molar-refractivity contribution in [3.63, 3.8) is 0 Å². The summed E-state index contributed by atoms with van der Waals surface area (Å²) in [5.74, 6) is -0.962. The van der Waals surface area contributed by atoms with Crippen LogP contribution >= 0.6 is 0 Å². The van der Waals surface area contributed by atoms with E-state index in [9.17, 15) is 9.59 Å². The lowest BCUT2D eigenvalue weighted by molar-refractivity contribution is 0.0697. The second kappa shape index (κ2) is 8.16. The molecule has 0 aliphatic carbocycles. The molecule has 0 fully saturated rings. The van der Waals surface area contributed by atoms with Gasteiger partial charge < -0.3 is 20.1 Å². The first kappa shape index (κ1) is 16.0. The summed E-state index contributed by atoms with van der Waals surface area (Å²) in [7, 11) is 1.70. The van der Waals surface area contributed by atoms with Gasteiger partial charge in [-0.2, -0.15) is 0 Å². The zero-order chi connectivity index (χ0) is 15.0. The number of urea groups is 1. The molecule has 0 radical (unpaired) electrons. The van der Waals surface area contributed by atoms with Gasteiger partial charge in [0.1, 0.15) is 0 Å². The highest BCUT2D eigenvalue weighted by atomic mass is 16.5. The summed E-state index contributed by atoms with van der Waals surface area (Å²) >= 11 is 0. The molecule has 0 aliphatic heterocycles. The number of amides is 2. The normalized spacial score (nSPS) is 10.1. The van der Waals surface area contributed by atoms with Gasteiger partial charge in [-0.1, -0.05) is 12.1 Å². The fourth-order valence-corrected chi connectivity index (χ4v) is 1.53. The Labute approximate surface area is 118 Å². The van der Waals surface area contributed by atoms with Gasteiger partial charge in [-0.25, -0.2) is 9.59 Å². The number of aromatic carboxylic acids is 1. The number of nitrogens with one attached hydrogen (secondary N) is 1. The molecule has 0 unspecified atom stereocenters. The maximum atomic E-state index is 11.8. The highest BCUT2D eigenvalue weighted by Gasteiger charge is 2.08. The molecule has 0 bridgehead atoms. The Morgan fingerprint density at radius 1 is 1.30 bits per heavy atom. The number of carboxylic acids is 1. The zero-order valence-electron chi connectivity index (χ0n) is 11.8. The summed E-state index contributed by atoms with van der Waals surface area (Å²) in [6, 6.07) is 6.21. The van der Waals surface area contributed by atoms with E-state index in [1.807, 2.05) is 6.92 Å². The van der Waals surface area contributed by atoms with Gasteiger partial charge in [0.2, 0.25) is 0 Å². The average Bonchev–Trinajstić information content (AvgIpc) is 2.45. The van der Waals surface area contributed by atoms with Crippen LogP contribution in [-0.2, 0) is 11.3 Å². The molecular formula is C14H20N2O4. The highest BCUT2D eigenvalue weighted by Crippen LogP contribution is 2.04. The van der Waals surface area contributed by atoms with E-state index >= 15 is 0 Å². The lowest BCUT2D eigenvalue weighted by Crippen LogP contribution is -2.38. The summed E-state index contributed by atoms with van der Waals surface area (Å²) < 4.78 is 5.18. The largest absolute Gasteiger partial charge is 0.478 e. The number of benzene rings is 1. The second-order valence-corrected chi connectivity index (χ2v) is 4.28. The molecule has 0 heterocycles. The van der Waals surface area contributed by atoms with Gasteiger partial charge >= 0.3 is 12.0 Å². The third-order valence-electron chi connectivity index (χ3n) is 2.77. The molecule has 20 heavy (non-hydrogen) atoms. The monoisotopic (exact) mass is 280 g/mol. The molecule has 0 saturated heterocycles. The van der Waals surface area contributed by atoms with Gasteiger partial charge in [0.15, 0.2) is 0 Å². The van der Waals surface area contributed by atoms with E-state index in [1.54, 1.807) is 24.1 Å². The molecule has 2 amide bonds. The van der Waals surface area contributed by atoms with Crippen molar-refractivity contribution in [3.8, 4) is 0 Å². The molecule has 0 aliphatic rings. The summed E-state index contributed by atoms with van der Waals surface area (Å²) in [6.07, 6.45) is 0. The summed E-state index contributed by atoms with van der Waals surface area (Å²) in [5.41, 5.74) is 1.08. The number of carbonyl (C=O) groups is 2. The van der Waals surface area contributed by atoms with Gasteiger partial charge in [-0.15, -0.1) is 0 Å². The lowest BCUT2D eigenvalue weighted by Gasteiger charge is -2.17. The van der Waals surface area contributed by atoms with E-state index in [1.165, 1.54) is 12.1 Å². The Morgan fingerprint density at radius 2 is 1.95 bits per heavy atom. The molecule has 1 rings (SSSR count). The van der Waals surface area contributed by atoms with Gasteiger partial charge in [-0.3, -0.25) is 0 Å². The highest BCUT2D eigenvalue weighted by molar-refractivity contribution is 5.87. The SMILES string of the molecule is CCOCCN(C)C(=O)NCc1ccc(C(=O)O)cc1. The Kier molecular flexibility index (Phi) is 6.52. The summed E-state index contributed by atoms with van der Waals surface area (Å²) in [6.45, 7) is 3.93. The van der Waals surface area contributed by atoms with Crippen molar-refractivity contribution in [3.05, 3.63) is 35.4 Å². The number of nitrogens with zero attached hydrogens (tertiary/aromatic N) is 1. The zero-order valence-corrected chi connectivity index (χ0v) is 11.8. The molecule has 2 N–H and O–H groups in total. The third kappa shape index (κ3) is 5.27. The minimum atomic E-state index is -0.962. The standard InChI is InChI=1S/C14H20N2O4/c1-3-20-9-8-16(2)14(19)15-10-11-4-6-12(7-5-11)13(17)18/h4-7H,3,8-10H2,1-2H3,(H,15,19)(H,17,18). The van der Waals surface area contributed by atoms with Crippen LogP contribution in [0, 0.1) is 0 Å². The molecule has 0 spiro atoms. The topological polar surface area (TPSA) is 78.9 Å². The van der Waals surface area contributed by atoms with Gasteiger partial charge in [0.25, 0.3) is 0 Å². The molecule has 0 aromatic heterocycles. The van der Waals surface area contributed by atoms with E-state index in [0.717, 1.165) is 5.56 Å². The van der Waals surface area contributed by atoms with Crippen LogP contribution in [0.25, 0.3) is 0 Å². The van der Waals surface area contributed by atoms with Crippen LogP contribution < -0.4 is 5.32 Å². The summed E-state index contributed by atoms with van der Waals surface area (Å²) in [4.78, 5) is 24.0. The van der Waals surface area contributed by atoms with E-state index < -0.39 is 5.97 Å². The number of hydrogen-bond acceptors (Lipinski definition) is 3. The Balaban J connectivity index is 2.38.